The molecule has 1 aromatic rings. The van der Waals surface area contributed by atoms with Crippen LogP contribution in [0.15, 0.2) is 30.3 Å². The Morgan fingerprint density at radius 3 is 2.62 bits per heavy atom. The van der Waals surface area contributed by atoms with E-state index in [1.54, 1.807) is 4.90 Å². The standard InChI is InChI=1S/C12H14N2OS/c1-2-13-9-8-11(15)14(12(13)16)10-6-4-3-5-7-10/h3-7H,2,8-9H2,1H3. The Hall–Kier alpha value is -1.42. The van der Waals surface area contributed by atoms with E-state index in [0.29, 0.717) is 11.5 Å². The molecule has 0 aliphatic carbocycles. The van der Waals surface area contributed by atoms with E-state index in [1.807, 2.05) is 42.2 Å². The van der Waals surface area contributed by atoms with Crippen molar-refractivity contribution >= 4 is 28.9 Å². The number of thiocarbonyl (C=S) groups is 1. The van der Waals surface area contributed by atoms with Crippen LogP contribution in [0.3, 0.4) is 0 Å². The van der Waals surface area contributed by atoms with Crippen molar-refractivity contribution in [2.24, 2.45) is 0 Å². The maximum atomic E-state index is 11.9. The zero-order chi connectivity index (χ0) is 11.5. The molecule has 0 radical (unpaired) electrons. The summed E-state index contributed by atoms with van der Waals surface area (Å²) in [6, 6.07) is 9.57. The third kappa shape index (κ3) is 1.93. The van der Waals surface area contributed by atoms with Crippen LogP contribution in [0.25, 0.3) is 0 Å². The van der Waals surface area contributed by atoms with Gasteiger partial charge >= 0.3 is 0 Å². The quantitative estimate of drug-likeness (QED) is 0.732. The van der Waals surface area contributed by atoms with Gasteiger partial charge in [-0.25, -0.2) is 0 Å². The second kappa shape index (κ2) is 4.61. The van der Waals surface area contributed by atoms with Crippen molar-refractivity contribution in [1.29, 1.82) is 0 Å². The lowest BCUT2D eigenvalue weighted by Gasteiger charge is -2.36. The van der Waals surface area contributed by atoms with Gasteiger partial charge in [-0.15, -0.1) is 0 Å². The number of benzene rings is 1. The number of carbonyl (C=O) groups excluding carboxylic acids is 1. The van der Waals surface area contributed by atoms with Crippen LogP contribution in [0.4, 0.5) is 5.69 Å². The number of para-hydroxylation sites is 1. The van der Waals surface area contributed by atoms with Crippen LogP contribution < -0.4 is 4.90 Å². The van der Waals surface area contributed by atoms with Crippen LogP contribution in [0.2, 0.25) is 0 Å². The fourth-order valence-electron chi connectivity index (χ4n) is 1.81. The van der Waals surface area contributed by atoms with Gasteiger partial charge in [0, 0.05) is 19.5 Å². The highest BCUT2D eigenvalue weighted by Gasteiger charge is 2.28. The predicted molar refractivity (Wildman–Crippen MR) is 68.4 cm³/mol. The third-order valence-corrected chi connectivity index (χ3v) is 3.14. The highest BCUT2D eigenvalue weighted by molar-refractivity contribution is 7.80. The first-order valence-corrected chi connectivity index (χ1v) is 5.81. The summed E-state index contributed by atoms with van der Waals surface area (Å²) < 4.78 is 0. The molecule has 0 aromatic heterocycles. The Morgan fingerprint density at radius 2 is 2.00 bits per heavy atom. The number of carbonyl (C=O) groups is 1. The van der Waals surface area contributed by atoms with E-state index in [2.05, 4.69) is 0 Å². The normalized spacial score (nSPS) is 16.8. The number of hydrogen-bond donors (Lipinski definition) is 0. The summed E-state index contributed by atoms with van der Waals surface area (Å²) in [7, 11) is 0. The molecule has 1 saturated heterocycles. The van der Waals surface area contributed by atoms with E-state index in [0.717, 1.165) is 18.8 Å². The van der Waals surface area contributed by atoms with Crippen molar-refractivity contribution in [1.82, 2.24) is 4.90 Å². The molecule has 1 fully saturated rings. The van der Waals surface area contributed by atoms with Gasteiger partial charge < -0.3 is 4.90 Å². The van der Waals surface area contributed by atoms with Crippen molar-refractivity contribution in [2.45, 2.75) is 13.3 Å². The van der Waals surface area contributed by atoms with Gasteiger partial charge in [-0.1, -0.05) is 18.2 Å². The molecule has 0 spiro atoms. The minimum atomic E-state index is 0.0842. The van der Waals surface area contributed by atoms with Crippen LogP contribution >= 0.6 is 12.2 Å². The van der Waals surface area contributed by atoms with Gasteiger partial charge in [0.25, 0.3) is 0 Å². The third-order valence-electron chi connectivity index (χ3n) is 2.70. The van der Waals surface area contributed by atoms with Crippen LogP contribution in [-0.4, -0.2) is 29.0 Å². The average Bonchev–Trinajstić information content (AvgIpc) is 2.31. The maximum absolute atomic E-state index is 11.9. The molecule has 1 aromatic carbocycles. The molecule has 4 heteroatoms. The number of hydrogen-bond acceptors (Lipinski definition) is 2. The van der Waals surface area contributed by atoms with Gasteiger partial charge in [0.2, 0.25) is 5.91 Å². The monoisotopic (exact) mass is 234 g/mol. The van der Waals surface area contributed by atoms with E-state index in [1.165, 1.54) is 0 Å². The number of nitrogens with zero attached hydrogens (tertiary/aromatic N) is 2. The molecule has 0 bridgehead atoms. The fourth-order valence-corrected chi connectivity index (χ4v) is 2.24. The molecular weight excluding hydrogens is 220 g/mol. The van der Waals surface area contributed by atoms with Gasteiger partial charge in [0.05, 0.1) is 5.69 Å². The molecule has 2 rings (SSSR count). The summed E-state index contributed by atoms with van der Waals surface area (Å²) >= 11 is 5.34. The lowest BCUT2D eigenvalue weighted by atomic mass is 10.2. The second-order valence-electron chi connectivity index (χ2n) is 3.68. The van der Waals surface area contributed by atoms with Gasteiger partial charge in [-0.05, 0) is 31.3 Å². The molecular formula is C12H14N2OS. The van der Waals surface area contributed by atoms with Crippen LogP contribution in [0, 0.1) is 0 Å². The molecule has 84 valence electrons. The highest BCUT2D eigenvalue weighted by atomic mass is 32.1. The second-order valence-corrected chi connectivity index (χ2v) is 4.04. The summed E-state index contributed by atoms with van der Waals surface area (Å²) in [5.74, 6) is 0.0842. The highest BCUT2D eigenvalue weighted by Crippen LogP contribution is 2.20. The number of rotatable bonds is 2. The molecule has 0 N–H and O–H groups in total. The smallest absolute Gasteiger partial charge is 0.235 e. The molecule has 0 unspecified atom stereocenters. The lowest BCUT2D eigenvalue weighted by molar-refractivity contribution is -0.118. The van der Waals surface area contributed by atoms with Gasteiger partial charge in [-0.2, -0.15) is 0 Å². The zero-order valence-electron chi connectivity index (χ0n) is 9.22. The molecule has 1 amide bonds. The maximum Gasteiger partial charge on any atom is 0.235 e. The average molecular weight is 234 g/mol. The van der Waals surface area contributed by atoms with Crippen LogP contribution in [0.5, 0.6) is 0 Å². The first kappa shape index (κ1) is 11.1. The number of anilines is 1. The van der Waals surface area contributed by atoms with E-state index >= 15 is 0 Å². The van der Waals surface area contributed by atoms with Crippen LogP contribution in [-0.2, 0) is 4.79 Å². The molecule has 0 saturated carbocycles. The topological polar surface area (TPSA) is 23.6 Å². The zero-order valence-corrected chi connectivity index (χ0v) is 10.0. The number of amides is 1. The van der Waals surface area contributed by atoms with Crippen molar-refractivity contribution in [3.63, 3.8) is 0 Å². The molecule has 1 heterocycles. The Labute approximate surface area is 101 Å². The molecule has 3 nitrogen and oxygen atoms in total. The predicted octanol–water partition coefficient (Wildman–Crippen LogP) is 2.03. The first-order chi connectivity index (χ1) is 7.74. The van der Waals surface area contributed by atoms with E-state index < -0.39 is 0 Å². The Morgan fingerprint density at radius 1 is 1.31 bits per heavy atom. The van der Waals surface area contributed by atoms with Gasteiger partial charge in [0.1, 0.15) is 0 Å². The first-order valence-electron chi connectivity index (χ1n) is 5.41. The van der Waals surface area contributed by atoms with E-state index in [-0.39, 0.29) is 5.91 Å². The summed E-state index contributed by atoms with van der Waals surface area (Å²) in [6.07, 6.45) is 0.531. The minimum Gasteiger partial charge on any atom is -0.348 e. The Kier molecular flexibility index (Phi) is 3.19. The van der Waals surface area contributed by atoms with Crippen molar-refractivity contribution in [2.75, 3.05) is 18.0 Å². The van der Waals surface area contributed by atoms with Crippen molar-refractivity contribution < 1.29 is 4.79 Å². The summed E-state index contributed by atoms with van der Waals surface area (Å²) in [4.78, 5) is 15.6. The van der Waals surface area contributed by atoms with Crippen LogP contribution in [0.1, 0.15) is 13.3 Å². The minimum absolute atomic E-state index is 0.0842. The summed E-state index contributed by atoms with van der Waals surface area (Å²) in [6.45, 7) is 3.62. The lowest BCUT2D eigenvalue weighted by Crippen LogP contribution is -2.52. The summed E-state index contributed by atoms with van der Waals surface area (Å²) in [5.41, 5.74) is 0.857. The van der Waals surface area contributed by atoms with Crippen molar-refractivity contribution in [3.05, 3.63) is 30.3 Å². The molecule has 16 heavy (non-hydrogen) atoms. The fraction of sp³-hybridized carbons (Fsp3) is 0.333. The van der Waals surface area contributed by atoms with Gasteiger partial charge in [-0.3, -0.25) is 9.69 Å². The van der Waals surface area contributed by atoms with E-state index in [9.17, 15) is 4.79 Å². The van der Waals surface area contributed by atoms with Gasteiger partial charge in [0.15, 0.2) is 5.11 Å². The van der Waals surface area contributed by atoms with Crippen molar-refractivity contribution in [3.8, 4) is 0 Å². The molecule has 0 atom stereocenters. The Balaban J connectivity index is 2.31. The molecule has 1 aliphatic heterocycles. The molecule has 1 aliphatic rings. The summed E-state index contributed by atoms with van der Waals surface area (Å²) in [5, 5.41) is 0.616. The van der Waals surface area contributed by atoms with E-state index in [4.69, 9.17) is 12.2 Å². The largest absolute Gasteiger partial charge is 0.348 e. The Bertz CT molecular complexity index is 405. The SMILES string of the molecule is CCN1CCC(=O)N(c2ccccc2)C1=S.